The van der Waals surface area contributed by atoms with Crippen LogP contribution in [0.4, 0.5) is 0 Å². The Balaban J connectivity index is 3.90. The molecule has 9 nitrogen and oxygen atoms in total. The molecule has 0 aromatic heterocycles. The SMILES string of the molecule is CCCCCCC/C=C\C/C=C\C/C=C\CCCCCCCCCCCCCCCCCCC(=O)OC(COC(=O)CCCCCCCCCCCCCCCCCCCCCCCCCCCCC/C=C\C/C=C\CCCCCCC)COP(=O)([O-])OCC[N+](C)(C)C. The van der Waals surface area contributed by atoms with E-state index in [1.165, 1.54) is 321 Å². The van der Waals surface area contributed by atoms with Gasteiger partial charge in [-0.05, 0) is 83.5 Å². The summed E-state index contributed by atoms with van der Waals surface area (Å²) >= 11 is 0. The first kappa shape index (κ1) is 91.7. The fourth-order valence-corrected chi connectivity index (χ4v) is 13.0. The minimum absolute atomic E-state index is 0.0291. The van der Waals surface area contributed by atoms with Gasteiger partial charge in [-0.1, -0.05) is 376 Å². The maximum absolute atomic E-state index is 12.9. The molecular formula is C84H158NO8P. The first-order chi connectivity index (χ1) is 46.0. The molecule has 0 aliphatic heterocycles. The van der Waals surface area contributed by atoms with E-state index in [2.05, 4.69) is 74.6 Å². The van der Waals surface area contributed by atoms with E-state index >= 15 is 0 Å². The fourth-order valence-electron chi connectivity index (χ4n) is 12.2. The molecule has 0 saturated heterocycles. The van der Waals surface area contributed by atoms with Gasteiger partial charge in [-0.15, -0.1) is 0 Å². The molecule has 10 heteroatoms. The average molecular weight is 1340 g/mol. The van der Waals surface area contributed by atoms with Crippen LogP contribution in [0, 0.1) is 0 Å². The predicted molar refractivity (Wildman–Crippen MR) is 407 cm³/mol. The van der Waals surface area contributed by atoms with Crippen LogP contribution in [0.3, 0.4) is 0 Å². The number of esters is 2. The van der Waals surface area contributed by atoms with Crippen molar-refractivity contribution in [3.8, 4) is 0 Å². The smallest absolute Gasteiger partial charge is 0.306 e. The lowest BCUT2D eigenvalue weighted by atomic mass is 10.0. The highest BCUT2D eigenvalue weighted by Crippen LogP contribution is 2.38. The number of ether oxygens (including phenoxy) is 2. The van der Waals surface area contributed by atoms with Crippen LogP contribution in [0.5, 0.6) is 0 Å². The number of hydrogen-bond donors (Lipinski definition) is 0. The van der Waals surface area contributed by atoms with Gasteiger partial charge in [0.05, 0.1) is 27.7 Å². The largest absolute Gasteiger partial charge is 0.756 e. The summed E-state index contributed by atoms with van der Waals surface area (Å²) < 4.78 is 34.4. The van der Waals surface area contributed by atoms with Crippen LogP contribution in [-0.2, 0) is 32.7 Å². The fraction of sp³-hybridized carbons (Fsp3) is 0.857. The zero-order valence-electron chi connectivity index (χ0n) is 63.2. The zero-order chi connectivity index (χ0) is 68.3. The molecule has 94 heavy (non-hydrogen) atoms. The Hall–Kier alpha value is -2.29. The van der Waals surface area contributed by atoms with Crippen LogP contribution < -0.4 is 4.89 Å². The van der Waals surface area contributed by atoms with Crippen LogP contribution in [0.1, 0.15) is 412 Å². The highest BCUT2D eigenvalue weighted by molar-refractivity contribution is 7.45. The second-order valence-corrected chi connectivity index (χ2v) is 30.5. The van der Waals surface area contributed by atoms with Gasteiger partial charge >= 0.3 is 11.9 Å². The Morgan fingerprint density at radius 3 is 0.851 bits per heavy atom. The van der Waals surface area contributed by atoms with Crippen molar-refractivity contribution in [2.45, 2.75) is 418 Å². The van der Waals surface area contributed by atoms with E-state index in [1.54, 1.807) is 0 Å². The summed E-state index contributed by atoms with van der Waals surface area (Å²) in [5, 5.41) is 0. The molecule has 0 aliphatic carbocycles. The number of allylic oxidation sites excluding steroid dienone is 10. The number of carbonyl (C=O) groups is 2. The number of hydrogen-bond acceptors (Lipinski definition) is 8. The summed E-state index contributed by atoms with van der Waals surface area (Å²) in [5.74, 6) is -0.812. The average Bonchev–Trinajstić information content (AvgIpc) is 1.66. The van der Waals surface area contributed by atoms with Crippen molar-refractivity contribution in [2.75, 3.05) is 47.5 Å². The number of phosphoric acid groups is 1. The molecule has 0 aromatic carbocycles. The minimum atomic E-state index is -4.64. The summed E-state index contributed by atoms with van der Waals surface area (Å²) in [5.41, 5.74) is 0. The van der Waals surface area contributed by atoms with Gasteiger partial charge in [0, 0.05) is 12.8 Å². The van der Waals surface area contributed by atoms with Crippen LogP contribution in [0.15, 0.2) is 60.8 Å². The number of nitrogens with zero attached hydrogens (tertiary/aromatic N) is 1. The van der Waals surface area contributed by atoms with Gasteiger partial charge in [-0.25, -0.2) is 0 Å². The lowest BCUT2D eigenvalue weighted by Crippen LogP contribution is -2.37. The van der Waals surface area contributed by atoms with Gasteiger partial charge < -0.3 is 27.9 Å². The quantitative estimate of drug-likeness (QED) is 0.0195. The van der Waals surface area contributed by atoms with Crippen LogP contribution in [0.2, 0.25) is 0 Å². The minimum Gasteiger partial charge on any atom is -0.756 e. The highest BCUT2D eigenvalue weighted by Gasteiger charge is 2.22. The Labute approximate surface area is 585 Å². The summed E-state index contributed by atoms with van der Waals surface area (Å²) in [4.78, 5) is 38.2. The van der Waals surface area contributed by atoms with E-state index in [0.29, 0.717) is 17.4 Å². The molecule has 0 aliphatic rings. The number of likely N-dealkylation sites (N-methyl/N-ethyl adjacent to an activating group) is 1. The molecule has 552 valence electrons. The second-order valence-electron chi connectivity index (χ2n) is 29.1. The lowest BCUT2D eigenvalue weighted by molar-refractivity contribution is -0.870. The van der Waals surface area contributed by atoms with Crippen LogP contribution in [-0.4, -0.2) is 70.0 Å². The molecule has 0 heterocycles. The molecule has 0 radical (unpaired) electrons. The first-order valence-corrected chi connectivity index (χ1v) is 42.5. The van der Waals surface area contributed by atoms with Crippen molar-refractivity contribution in [1.29, 1.82) is 0 Å². The third-order valence-electron chi connectivity index (χ3n) is 18.5. The number of phosphoric ester groups is 1. The molecular weight excluding hydrogens is 1180 g/mol. The van der Waals surface area contributed by atoms with Crippen molar-refractivity contribution >= 4 is 19.8 Å². The number of carbonyl (C=O) groups excluding carboxylic acids is 2. The summed E-state index contributed by atoms with van der Waals surface area (Å²) in [6.45, 7) is 4.29. The van der Waals surface area contributed by atoms with E-state index in [9.17, 15) is 19.0 Å². The predicted octanol–water partition coefficient (Wildman–Crippen LogP) is 26.7. The molecule has 0 saturated carbocycles. The molecule has 0 bridgehead atoms. The maximum Gasteiger partial charge on any atom is 0.306 e. The van der Waals surface area contributed by atoms with Crippen molar-refractivity contribution in [2.24, 2.45) is 0 Å². The Kier molecular flexibility index (Phi) is 73.1. The van der Waals surface area contributed by atoms with Crippen molar-refractivity contribution in [3.63, 3.8) is 0 Å². The molecule has 0 aromatic rings. The molecule has 0 rings (SSSR count). The number of unbranched alkanes of at least 4 members (excludes halogenated alkanes) is 53. The van der Waals surface area contributed by atoms with E-state index < -0.39 is 26.5 Å². The Bertz CT molecular complexity index is 1770. The standard InChI is InChI=1S/C84H158NO8P/c1-6-8-10-12-14-16-18-20-22-24-26-28-30-32-34-36-38-39-40-41-42-43-44-45-47-48-50-52-54-56-58-60-62-64-66-68-70-72-74-76-83(86)90-80-82(81-92-94(88,89)91-79-78-85(3,4)5)93-84(87)77-75-73-71-69-67-65-63-61-59-57-55-53-51-49-46-37-35-33-31-29-27-25-23-21-19-17-15-13-11-9-7-2/h18-21,24-27,31,33,82H,6-17,22-23,28-30,32,34-81H2,1-5H3/b20-18-,21-19-,26-24-,27-25-,33-31-. The normalized spacial score (nSPS) is 13.3. The second kappa shape index (κ2) is 74.9. The van der Waals surface area contributed by atoms with Crippen molar-refractivity contribution in [1.82, 2.24) is 0 Å². The molecule has 0 fully saturated rings. The van der Waals surface area contributed by atoms with Gasteiger partial charge in [-0.2, -0.15) is 0 Å². The highest BCUT2D eigenvalue weighted by atomic mass is 31.2. The first-order valence-electron chi connectivity index (χ1n) is 41.0. The third-order valence-corrected chi connectivity index (χ3v) is 19.5. The number of quaternary nitrogens is 1. The monoisotopic (exact) mass is 1340 g/mol. The van der Waals surface area contributed by atoms with Gasteiger partial charge in [-0.3, -0.25) is 14.2 Å². The van der Waals surface area contributed by atoms with Gasteiger partial charge in [0.15, 0.2) is 6.10 Å². The van der Waals surface area contributed by atoms with Crippen molar-refractivity contribution in [3.05, 3.63) is 60.8 Å². The number of rotatable bonds is 77. The zero-order valence-corrected chi connectivity index (χ0v) is 64.1. The maximum atomic E-state index is 12.9. The third kappa shape index (κ3) is 78.7. The summed E-state index contributed by atoms with van der Waals surface area (Å²) in [6, 6.07) is 0. The summed E-state index contributed by atoms with van der Waals surface area (Å²) in [6.07, 6.45) is 101. The topological polar surface area (TPSA) is 111 Å². The molecule has 2 unspecified atom stereocenters. The van der Waals surface area contributed by atoms with Gasteiger partial charge in [0.2, 0.25) is 0 Å². The van der Waals surface area contributed by atoms with Crippen LogP contribution >= 0.6 is 7.82 Å². The lowest BCUT2D eigenvalue weighted by Gasteiger charge is -2.28. The molecule has 0 amide bonds. The van der Waals surface area contributed by atoms with Gasteiger partial charge in [0.25, 0.3) is 7.82 Å². The van der Waals surface area contributed by atoms with E-state index in [1.807, 2.05) is 21.1 Å². The van der Waals surface area contributed by atoms with Gasteiger partial charge in [0.1, 0.15) is 19.8 Å². The molecule has 2 atom stereocenters. The van der Waals surface area contributed by atoms with E-state index in [0.717, 1.165) is 57.8 Å². The van der Waals surface area contributed by atoms with E-state index in [4.69, 9.17) is 18.5 Å². The molecule has 0 N–H and O–H groups in total. The summed E-state index contributed by atoms with van der Waals surface area (Å²) in [7, 11) is 1.19. The van der Waals surface area contributed by atoms with Crippen LogP contribution in [0.25, 0.3) is 0 Å². The van der Waals surface area contributed by atoms with Crippen molar-refractivity contribution < 1.29 is 42.1 Å². The van der Waals surface area contributed by atoms with E-state index in [-0.39, 0.29) is 32.0 Å². The molecule has 0 spiro atoms. The Morgan fingerprint density at radius 1 is 0.330 bits per heavy atom. The Morgan fingerprint density at radius 2 is 0.574 bits per heavy atom.